The Hall–Kier alpha value is -2.34. The van der Waals surface area contributed by atoms with Crippen molar-refractivity contribution in [3.8, 4) is 0 Å². The van der Waals surface area contributed by atoms with Gasteiger partial charge in [0, 0.05) is 18.5 Å². The second kappa shape index (κ2) is 7.09. The molecule has 0 saturated heterocycles. The van der Waals surface area contributed by atoms with Crippen LogP contribution in [-0.2, 0) is 16.3 Å². The molecule has 6 heteroatoms. The maximum atomic E-state index is 11.7. The maximum Gasteiger partial charge on any atom is 0.319 e. The summed E-state index contributed by atoms with van der Waals surface area (Å²) >= 11 is 0. The summed E-state index contributed by atoms with van der Waals surface area (Å²) in [5.41, 5.74) is 1.70. The fourth-order valence-electron chi connectivity index (χ4n) is 1.93. The van der Waals surface area contributed by atoms with Crippen LogP contribution in [0.1, 0.15) is 5.56 Å². The van der Waals surface area contributed by atoms with Crippen LogP contribution in [0, 0.1) is 0 Å². The molecule has 5 nitrogen and oxygen atoms in total. The van der Waals surface area contributed by atoms with E-state index in [0.717, 1.165) is 18.2 Å². The van der Waals surface area contributed by atoms with Crippen molar-refractivity contribution in [2.45, 2.75) is 11.3 Å². The molecule has 0 saturated carbocycles. The van der Waals surface area contributed by atoms with Gasteiger partial charge >= 0.3 is 6.03 Å². The molecule has 0 atom stereocenters. The van der Waals surface area contributed by atoms with Crippen molar-refractivity contribution >= 4 is 21.6 Å². The van der Waals surface area contributed by atoms with Crippen molar-refractivity contribution < 1.29 is 13.2 Å². The van der Waals surface area contributed by atoms with Crippen LogP contribution in [0.3, 0.4) is 0 Å². The van der Waals surface area contributed by atoms with Crippen molar-refractivity contribution in [2.75, 3.05) is 18.1 Å². The summed E-state index contributed by atoms with van der Waals surface area (Å²) in [7, 11) is -3.22. The lowest BCUT2D eigenvalue weighted by molar-refractivity contribution is 0.252. The molecule has 0 aliphatic rings. The number of hydrogen-bond acceptors (Lipinski definition) is 3. The third-order valence-corrected chi connectivity index (χ3v) is 4.21. The Balaban J connectivity index is 1.82. The van der Waals surface area contributed by atoms with Gasteiger partial charge in [-0.15, -0.1) is 0 Å². The molecule has 0 aromatic heterocycles. The topological polar surface area (TPSA) is 75.3 Å². The van der Waals surface area contributed by atoms with Crippen LogP contribution in [0.15, 0.2) is 59.5 Å². The van der Waals surface area contributed by atoms with Crippen molar-refractivity contribution in [3.63, 3.8) is 0 Å². The molecule has 2 aromatic carbocycles. The van der Waals surface area contributed by atoms with Crippen LogP contribution in [-0.4, -0.2) is 27.2 Å². The van der Waals surface area contributed by atoms with Crippen molar-refractivity contribution in [1.29, 1.82) is 0 Å². The number of urea groups is 1. The number of anilines is 1. The van der Waals surface area contributed by atoms with E-state index in [1.54, 1.807) is 12.1 Å². The molecule has 0 spiro atoms. The van der Waals surface area contributed by atoms with Gasteiger partial charge in [0.05, 0.1) is 4.90 Å². The van der Waals surface area contributed by atoms with Gasteiger partial charge in [-0.25, -0.2) is 13.2 Å². The highest BCUT2D eigenvalue weighted by molar-refractivity contribution is 7.90. The Morgan fingerprint density at radius 1 is 1.00 bits per heavy atom. The fraction of sp³-hybridized carbons (Fsp3) is 0.188. The molecule has 2 amide bonds. The number of nitrogens with one attached hydrogen (secondary N) is 2. The minimum absolute atomic E-state index is 0.225. The number of hydrogen-bond donors (Lipinski definition) is 2. The Bertz CT molecular complexity index is 726. The molecule has 116 valence electrons. The predicted molar refractivity (Wildman–Crippen MR) is 86.7 cm³/mol. The molecule has 0 heterocycles. The number of carbonyl (C=O) groups excluding carboxylic acids is 1. The normalized spacial score (nSPS) is 11.0. The molecule has 0 unspecified atom stereocenters. The Kier molecular flexibility index (Phi) is 5.16. The van der Waals surface area contributed by atoms with E-state index in [9.17, 15) is 13.2 Å². The molecule has 2 rings (SSSR count). The summed E-state index contributed by atoms with van der Waals surface area (Å²) in [4.78, 5) is 12.0. The van der Waals surface area contributed by atoms with Gasteiger partial charge in [-0.2, -0.15) is 0 Å². The highest BCUT2D eigenvalue weighted by Crippen LogP contribution is 2.13. The minimum atomic E-state index is -3.22. The molecular formula is C16H18N2O3S. The lowest BCUT2D eigenvalue weighted by atomic mass is 10.1. The van der Waals surface area contributed by atoms with E-state index >= 15 is 0 Å². The van der Waals surface area contributed by atoms with Gasteiger partial charge in [-0.3, -0.25) is 0 Å². The van der Waals surface area contributed by atoms with Gasteiger partial charge in [0.1, 0.15) is 0 Å². The summed E-state index contributed by atoms with van der Waals surface area (Å²) in [6.45, 7) is 0.525. The average Bonchev–Trinajstić information content (AvgIpc) is 2.48. The summed E-state index contributed by atoms with van der Waals surface area (Å²) in [6.07, 6.45) is 1.90. The second-order valence-electron chi connectivity index (χ2n) is 4.91. The number of rotatable bonds is 5. The quantitative estimate of drug-likeness (QED) is 0.889. The zero-order valence-corrected chi connectivity index (χ0v) is 13.1. The Morgan fingerprint density at radius 3 is 2.23 bits per heavy atom. The van der Waals surface area contributed by atoms with E-state index in [1.807, 2.05) is 30.3 Å². The lowest BCUT2D eigenvalue weighted by Crippen LogP contribution is -2.30. The monoisotopic (exact) mass is 318 g/mol. The zero-order valence-electron chi connectivity index (χ0n) is 12.2. The van der Waals surface area contributed by atoms with Gasteiger partial charge in [-0.05, 0) is 36.2 Å². The molecule has 0 radical (unpaired) electrons. The molecule has 0 fully saturated rings. The summed E-state index contributed by atoms with van der Waals surface area (Å²) in [6, 6.07) is 15.6. The molecule has 0 aliphatic carbocycles. The van der Waals surface area contributed by atoms with Crippen LogP contribution < -0.4 is 10.6 Å². The highest BCUT2D eigenvalue weighted by atomic mass is 32.2. The highest BCUT2D eigenvalue weighted by Gasteiger charge is 2.07. The van der Waals surface area contributed by atoms with Gasteiger partial charge in [0.2, 0.25) is 0 Å². The van der Waals surface area contributed by atoms with Crippen LogP contribution in [0.5, 0.6) is 0 Å². The van der Waals surface area contributed by atoms with Gasteiger partial charge in [0.15, 0.2) is 9.84 Å². The number of benzene rings is 2. The maximum absolute atomic E-state index is 11.7. The van der Waals surface area contributed by atoms with Crippen molar-refractivity contribution in [3.05, 3.63) is 60.2 Å². The Labute approximate surface area is 130 Å². The first-order valence-corrected chi connectivity index (χ1v) is 8.73. The summed E-state index contributed by atoms with van der Waals surface area (Å²) in [5, 5.41) is 5.42. The molecule has 0 bridgehead atoms. The number of amides is 2. The van der Waals surface area contributed by atoms with Crippen LogP contribution >= 0.6 is 0 Å². The zero-order chi connectivity index (χ0) is 16.0. The van der Waals surface area contributed by atoms with E-state index < -0.39 is 9.84 Å². The smallest absolute Gasteiger partial charge is 0.319 e. The standard InChI is InChI=1S/C16H18N2O3S/c1-22(20,21)15-9-7-14(8-10-15)18-16(19)17-12-11-13-5-3-2-4-6-13/h2-10H,11-12H2,1H3,(H2,17,18,19). The Morgan fingerprint density at radius 2 is 1.64 bits per heavy atom. The molecule has 22 heavy (non-hydrogen) atoms. The molecule has 2 N–H and O–H groups in total. The predicted octanol–water partition coefficient (Wildman–Crippen LogP) is 2.45. The van der Waals surface area contributed by atoms with E-state index in [2.05, 4.69) is 10.6 Å². The first kappa shape index (κ1) is 16.0. The van der Waals surface area contributed by atoms with E-state index in [1.165, 1.54) is 12.1 Å². The van der Waals surface area contributed by atoms with E-state index in [4.69, 9.17) is 0 Å². The van der Waals surface area contributed by atoms with Crippen LogP contribution in [0.2, 0.25) is 0 Å². The average molecular weight is 318 g/mol. The number of carbonyl (C=O) groups is 1. The van der Waals surface area contributed by atoms with Gasteiger partial charge < -0.3 is 10.6 Å². The molecule has 2 aromatic rings. The second-order valence-corrected chi connectivity index (χ2v) is 6.93. The summed E-state index contributed by atoms with van der Waals surface area (Å²) < 4.78 is 22.7. The summed E-state index contributed by atoms with van der Waals surface area (Å²) in [5.74, 6) is 0. The third-order valence-electron chi connectivity index (χ3n) is 3.08. The van der Waals surface area contributed by atoms with E-state index in [-0.39, 0.29) is 10.9 Å². The first-order valence-electron chi connectivity index (χ1n) is 6.84. The van der Waals surface area contributed by atoms with Crippen LogP contribution in [0.25, 0.3) is 0 Å². The van der Waals surface area contributed by atoms with Gasteiger partial charge in [-0.1, -0.05) is 30.3 Å². The van der Waals surface area contributed by atoms with Crippen molar-refractivity contribution in [1.82, 2.24) is 5.32 Å². The lowest BCUT2D eigenvalue weighted by Gasteiger charge is -2.08. The minimum Gasteiger partial charge on any atom is -0.338 e. The van der Waals surface area contributed by atoms with Gasteiger partial charge in [0.25, 0.3) is 0 Å². The number of sulfone groups is 1. The largest absolute Gasteiger partial charge is 0.338 e. The van der Waals surface area contributed by atoms with Crippen LogP contribution in [0.4, 0.5) is 10.5 Å². The molecule has 0 aliphatic heterocycles. The van der Waals surface area contributed by atoms with E-state index in [0.29, 0.717) is 12.2 Å². The molecular weight excluding hydrogens is 300 g/mol. The fourth-order valence-corrected chi connectivity index (χ4v) is 2.56. The SMILES string of the molecule is CS(=O)(=O)c1ccc(NC(=O)NCCc2ccccc2)cc1. The van der Waals surface area contributed by atoms with Crippen molar-refractivity contribution in [2.24, 2.45) is 0 Å². The first-order chi connectivity index (χ1) is 10.4. The third kappa shape index (κ3) is 4.89.